The predicted octanol–water partition coefficient (Wildman–Crippen LogP) is 2.70. The van der Waals surface area contributed by atoms with Crippen molar-refractivity contribution in [3.05, 3.63) is 59.2 Å². The number of urea groups is 1. The number of nitriles is 1. The molecule has 1 fully saturated rings. The van der Waals surface area contributed by atoms with Gasteiger partial charge in [0.2, 0.25) is 0 Å². The third-order valence-electron chi connectivity index (χ3n) is 5.92. The number of benzene rings is 2. The summed E-state index contributed by atoms with van der Waals surface area (Å²) in [5.41, 5.74) is 3.43. The van der Waals surface area contributed by atoms with E-state index in [4.69, 9.17) is 5.26 Å². The van der Waals surface area contributed by atoms with E-state index in [0.717, 1.165) is 49.3 Å². The Morgan fingerprint density at radius 3 is 2.84 bits per heavy atom. The molecule has 1 N–H and O–H groups in total. The quantitative estimate of drug-likeness (QED) is 0.792. The summed E-state index contributed by atoms with van der Waals surface area (Å²) < 4.78 is 23.6. The molecule has 0 bridgehead atoms. The Morgan fingerprint density at radius 2 is 2.06 bits per heavy atom. The zero-order valence-electron chi connectivity index (χ0n) is 17.5. The second kappa shape index (κ2) is 8.69. The van der Waals surface area contributed by atoms with Crippen molar-refractivity contribution in [2.45, 2.75) is 36.7 Å². The highest BCUT2D eigenvalue weighted by Crippen LogP contribution is 2.30. The lowest BCUT2D eigenvalue weighted by Crippen LogP contribution is -2.51. The third-order valence-corrected chi connectivity index (χ3v) is 7.03. The van der Waals surface area contributed by atoms with Crippen molar-refractivity contribution in [3.63, 3.8) is 0 Å². The fourth-order valence-electron chi connectivity index (χ4n) is 4.39. The minimum atomic E-state index is -3.26. The summed E-state index contributed by atoms with van der Waals surface area (Å²) in [6, 6.07) is 14.7. The maximum absolute atomic E-state index is 12.9. The van der Waals surface area contributed by atoms with Crippen molar-refractivity contribution < 1.29 is 13.2 Å². The molecule has 2 aromatic rings. The number of likely N-dealkylation sites (tertiary alicyclic amines) is 1. The van der Waals surface area contributed by atoms with E-state index < -0.39 is 9.84 Å². The molecule has 2 aliphatic rings. The molecule has 7 nitrogen and oxygen atoms in total. The summed E-state index contributed by atoms with van der Waals surface area (Å²) in [6.07, 6.45) is 3.77. The topological polar surface area (TPSA) is 93.5 Å². The first-order chi connectivity index (χ1) is 14.8. The molecule has 0 saturated carbocycles. The Kier molecular flexibility index (Phi) is 5.99. The molecule has 1 saturated heterocycles. The first-order valence-corrected chi connectivity index (χ1v) is 12.3. The summed E-state index contributed by atoms with van der Waals surface area (Å²) in [5, 5.41) is 12.3. The molecule has 1 unspecified atom stereocenters. The van der Waals surface area contributed by atoms with Crippen LogP contribution in [0.25, 0.3) is 0 Å². The van der Waals surface area contributed by atoms with Gasteiger partial charge < -0.3 is 5.32 Å². The molecule has 0 radical (unpaired) electrons. The molecule has 2 aromatic carbocycles. The number of hydrogen-bond acceptors (Lipinski definition) is 5. The zero-order chi connectivity index (χ0) is 22.0. The number of fused-ring (bicyclic) bond motifs is 1. The second-order valence-corrected chi connectivity index (χ2v) is 10.3. The van der Waals surface area contributed by atoms with E-state index in [1.807, 2.05) is 18.2 Å². The molecular weight excluding hydrogens is 412 g/mol. The van der Waals surface area contributed by atoms with Gasteiger partial charge in [-0.05, 0) is 67.3 Å². The van der Waals surface area contributed by atoms with Crippen LogP contribution in [0.1, 0.15) is 29.5 Å². The first kappa shape index (κ1) is 21.3. The molecule has 31 heavy (non-hydrogen) atoms. The van der Waals surface area contributed by atoms with Crippen LogP contribution in [0, 0.1) is 11.3 Å². The Hall–Kier alpha value is -2.89. The van der Waals surface area contributed by atoms with E-state index in [9.17, 15) is 13.2 Å². The van der Waals surface area contributed by atoms with Gasteiger partial charge in [0.05, 0.1) is 16.5 Å². The minimum absolute atomic E-state index is 0.0553. The maximum atomic E-state index is 12.9. The number of anilines is 1. The number of amides is 2. The van der Waals surface area contributed by atoms with Gasteiger partial charge in [0, 0.05) is 37.6 Å². The number of carbonyl (C=O) groups excluding carboxylic acids is 1. The molecule has 2 heterocycles. The SMILES string of the molecule is CS(=O)(=O)c1ccc2c(c1)CCN2C(=O)NC1CCCN(Cc2cccc(C#N)c2)C1. The third kappa shape index (κ3) is 4.89. The van der Waals surface area contributed by atoms with Crippen LogP contribution in [-0.2, 0) is 22.8 Å². The van der Waals surface area contributed by atoms with Crippen molar-refractivity contribution in [3.8, 4) is 6.07 Å². The van der Waals surface area contributed by atoms with Crippen LogP contribution in [0.3, 0.4) is 0 Å². The molecule has 0 spiro atoms. The first-order valence-electron chi connectivity index (χ1n) is 10.5. The van der Waals surface area contributed by atoms with Gasteiger partial charge in [0.15, 0.2) is 9.84 Å². The average Bonchev–Trinajstić information content (AvgIpc) is 3.17. The van der Waals surface area contributed by atoms with E-state index in [2.05, 4.69) is 16.3 Å². The largest absolute Gasteiger partial charge is 0.334 e. The predicted molar refractivity (Wildman–Crippen MR) is 119 cm³/mol. The molecule has 1 atom stereocenters. The van der Waals surface area contributed by atoms with Crippen molar-refractivity contribution in [1.82, 2.24) is 10.2 Å². The maximum Gasteiger partial charge on any atom is 0.322 e. The smallest absolute Gasteiger partial charge is 0.322 e. The van der Waals surface area contributed by atoms with E-state index in [1.165, 1.54) is 6.26 Å². The molecule has 162 valence electrons. The lowest BCUT2D eigenvalue weighted by Gasteiger charge is -2.34. The monoisotopic (exact) mass is 438 g/mol. The number of sulfone groups is 1. The fraction of sp³-hybridized carbons (Fsp3) is 0.391. The van der Waals surface area contributed by atoms with Crippen LogP contribution in [0.15, 0.2) is 47.4 Å². The van der Waals surface area contributed by atoms with Crippen LogP contribution in [0.2, 0.25) is 0 Å². The number of piperidine rings is 1. The van der Waals surface area contributed by atoms with E-state index in [-0.39, 0.29) is 17.0 Å². The Labute approximate surface area is 183 Å². The van der Waals surface area contributed by atoms with E-state index in [1.54, 1.807) is 29.2 Å². The van der Waals surface area contributed by atoms with Gasteiger partial charge >= 0.3 is 6.03 Å². The Morgan fingerprint density at radius 1 is 1.23 bits per heavy atom. The van der Waals surface area contributed by atoms with Gasteiger partial charge in [-0.2, -0.15) is 5.26 Å². The van der Waals surface area contributed by atoms with Crippen LogP contribution in [0.5, 0.6) is 0 Å². The normalized spacial score (nSPS) is 19.0. The second-order valence-electron chi connectivity index (χ2n) is 8.30. The molecule has 4 rings (SSSR count). The number of nitrogens with zero attached hydrogens (tertiary/aromatic N) is 3. The van der Waals surface area contributed by atoms with Crippen LogP contribution in [-0.4, -0.2) is 51.3 Å². The molecule has 8 heteroatoms. The van der Waals surface area contributed by atoms with Gasteiger partial charge in [0.1, 0.15) is 0 Å². The molecular formula is C23H26N4O3S. The van der Waals surface area contributed by atoms with Gasteiger partial charge in [-0.15, -0.1) is 0 Å². The zero-order valence-corrected chi connectivity index (χ0v) is 18.4. The van der Waals surface area contributed by atoms with Gasteiger partial charge in [-0.25, -0.2) is 13.2 Å². The van der Waals surface area contributed by atoms with Crippen LogP contribution < -0.4 is 10.2 Å². The molecule has 2 aliphatic heterocycles. The van der Waals surface area contributed by atoms with Crippen molar-refractivity contribution in [2.24, 2.45) is 0 Å². The molecule has 0 aliphatic carbocycles. The highest BCUT2D eigenvalue weighted by Gasteiger charge is 2.29. The highest BCUT2D eigenvalue weighted by atomic mass is 32.2. The summed E-state index contributed by atoms with van der Waals surface area (Å²) in [5.74, 6) is 0. The molecule has 2 amide bonds. The van der Waals surface area contributed by atoms with Crippen molar-refractivity contribution >= 4 is 21.6 Å². The summed E-state index contributed by atoms with van der Waals surface area (Å²) in [7, 11) is -3.26. The number of rotatable bonds is 4. The summed E-state index contributed by atoms with van der Waals surface area (Å²) in [4.78, 5) is 17.2. The van der Waals surface area contributed by atoms with E-state index >= 15 is 0 Å². The van der Waals surface area contributed by atoms with Gasteiger partial charge in [-0.1, -0.05) is 12.1 Å². The van der Waals surface area contributed by atoms with Gasteiger partial charge in [0.25, 0.3) is 0 Å². The van der Waals surface area contributed by atoms with Crippen molar-refractivity contribution in [2.75, 3.05) is 30.8 Å². The highest BCUT2D eigenvalue weighted by molar-refractivity contribution is 7.90. The standard InChI is InChI=1S/C23H26N4O3S/c1-31(29,30)21-7-8-22-19(13-21)9-11-27(22)23(28)25-20-6-3-10-26(16-20)15-18-5-2-4-17(12-18)14-24/h2,4-5,7-8,12-13,20H,3,6,9-11,15-16H2,1H3,(H,25,28). The summed E-state index contributed by atoms with van der Waals surface area (Å²) in [6.45, 7) is 3.02. The van der Waals surface area contributed by atoms with Crippen LogP contribution >= 0.6 is 0 Å². The summed E-state index contributed by atoms with van der Waals surface area (Å²) >= 11 is 0. The van der Waals surface area contributed by atoms with Gasteiger partial charge in [-0.3, -0.25) is 9.80 Å². The van der Waals surface area contributed by atoms with Crippen LogP contribution in [0.4, 0.5) is 10.5 Å². The Balaban J connectivity index is 1.39. The number of carbonyl (C=O) groups is 1. The fourth-order valence-corrected chi connectivity index (χ4v) is 5.06. The average molecular weight is 439 g/mol. The lowest BCUT2D eigenvalue weighted by atomic mass is 10.0. The van der Waals surface area contributed by atoms with E-state index in [0.29, 0.717) is 18.5 Å². The lowest BCUT2D eigenvalue weighted by molar-refractivity contribution is 0.182. The minimum Gasteiger partial charge on any atom is -0.334 e. The number of hydrogen-bond donors (Lipinski definition) is 1. The molecule has 0 aromatic heterocycles. The number of nitrogens with one attached hydrogen (secondary N) is 1. The Bertz CT molecular complexity index is 1140. The van der Waals surface area contributed by atoms with Crippen molar-refractivity contribution in [1.29, 1.82) is 5.26 Å².